The molecule has 1 unspecified atom stereocenters. The third-order valence-corrected chi connectivity index (χ3v) is 3.77. The van der Waals surface area contributed by atoms with Gasteiger partial charge in [-0.2, -0.15) is 0 Å². The summed E-state index contributed by atoms with van der Waals surface area (Å²) in [6.45, 7) is 0. The maximum absolute atomic E-state index is 13.0. The van der Waals surface area contributed by atoms with Crippen LogP contribution in [0.25, 0.3) is 11.1 Å². The Bertz CT molecular complexity index is 560. The lowest BCUT2D eigenvalue weighted by molar-refractivity contribution is 0.590. The van der Waals surface area contributed by atoms with Crippen molar-refractivity contribution in [1.29, 1.82) is 0 Å². The van der Waals surface area contributed by atoms with Gasteiger partial charge in [0.05, 0.1) is 0 Å². The van der Waals surface area contributed by atoms with Crippen molar-refractivity contribution in [3.63, 3.8) is 0 Å². The van der Waals surface area contributed by atoms with Crippen LogP contribution in [0.1, 0.15) is 23.6 Å². The summed E-state index contributed by atoms with van der Waals surface area (Å²) in [5.41, 5.74) is 5.14. The molecule has 1 aliphatic carbocycles. The van der Waals surface area contributed by atoms with E-state index in [4.69, 9.17) is 0 Å². The Labute approximate surface area is 107 Å². The molecule has 0 bridgehead atoms. The van der Waals surface area contributed by atoms with Crippen molar-refractivity contribution in [2.75, 3.05) is 7.05 Å². The Balaban J connectivity index is 2.09. The molecular weight excluding hydrogens is 225 g/mol. The minimum atomic E-state index is -0.181. The van der Waals surface area contributed by atoms with Crippen LogP contribution in [0.5, 0.6) is 0 Å². The van der Waals surface area contributed by atoms with Gasteiger partial charge in [0, 0.05) is 6.04 Å². The maximum Gasteiger partial charge on any atom is 0.123 e. The molecule has 3 rings (SSSR count). The van der Waals surface area contributed by atoms with Crippen LogP contribution in [0, 0.1) is 5.82 Å². The van der Waals surface area contributed by atoms with E-state index in [0.717, 1.165) is 18.4 Å². The average molecular weight is 241 g/mol. The van der Waals surface area contributed by atoms with E-state index in [2.05, 4.69) is 23.5 Å². The fraction of sp³-hybridized carbons (Fsp3) is 0.250. The lowest BCUT2D eigenvalue weighted by Gasteiger charge is -2.12. The van der Waals surface area contributed by atoms with E-state index in [1.165, 1.54) is 28.8 Å². The molecule has 0 spiro atoms. The van der Waals surface area contributed by atoms with E-state index in [-0.39, 0.29) is 5.82 Å². The predicted octanol–water partition coefficient (Wildman–Crippen LogP) is 3.70. The Hall–Kier alpha value is -1.67. The summed E-state index contributed by atoms with van der Waals surface area (Å²) in [6.07, 6.45) is 2.23. The second kappa shape index (κ2) is 4.54. The normalized spacial score (nSPS) is 17.8. The Morgan fingerprint density at radius 2 is 1.89 bits per heavy atom. The van der Waals surface area contributed by atoms with Gasteiger partial charge in [-0.05, 0) is 54.3 Å². The predicted molar refractivity (Wildman–Crippen MR) is 72.0 cm³/mol. The summed E-state index contributed by atoms with van der Waals surface area (Å²) in [7, 11) is 2.00. The van der Waals surface area contributed by atoms with Crippen molar-refractivity contribution in [2.45, 2.75) is 18.9 Å². The molecule has 0 saturated carbocycles. The number of nitrogens with one attached hydrogen (secondary N) is 1. The van der Waals surface area contributed by atoms with Gasteiger partial charge >= 0.3 is 0 Å². The molecule has 0 heterocycles. The monoisotopic (exact) mass is 241 g/mol. The molecule has 0 aromatic heterocycles. The molecule has 1 N–H and O–H groups in total. The van der Waals surface area contributed by atoms with Crippen LogP contribution in [0.2, 0.25) is 0 Å². The fourth-order valence-electron chi connectivity index (χ4n) is 2.85. The Morgan fingerprint density at radius 1 is 1.11 bits per heavy atom. The standard InChI is InChI=1S/C16H16FN/c1-18-16-10-9-14-13(3-2-4-15(14)16)11-5-7-12(17)8-6-11/h2-8,16,18H,9-10H2,1H3. The summed E-state index contributed by atoms with van der Waals surface area (Å²) in [4.78, 5) is 0. The van der Waals surface area contributed by atoms with Gasteiger partial charge in [0.15, 0.2) is 0 Å². The molecule has 0 saturated heterocycles. The largest absolute Gasteiger partial charge is 0.313 e. The quantitative estimate of drug-likeness (QED) is 0.845. The maximum atomic E-state index is 13.0. The van der Waals surface area contributed by atoms with E-state index in [9.17, 15) is 4.39 Å². The lowest BCUT2D eigenvalue weighted by atomic mass is 9.96. The summed E-state index contributed by atoms with van der Waals surface area (Å²) in [5.74, 6) is -0.181. The molecule has 18 heavy (non-hydrogen) atoms. The number of benzene rings is 2. The van der Waals surface area contributed by atoms with Gasteiger partial charge < -0.3 is 5.32 Å². The highest BCUT2D eigenvalue weighted by Gasteiger charge is 2.23. The van der Waals surface area contributed by atoms with Crippen LogP contribution in [-0.2, 0) is 6.42 Å². The minimum absolute atomic E-state index is 0.181. The molecule has 1 nitrogen and oxygen atoms in total. The van der Waals surface area contributed by atoms with Gasteiger partial charge in [-0.3, -0.25) is 0 Å². The molecular formula is C16H16FN. The zero-order valence-corrected chi connectivity index (χ0v) is 10.4. The molecule has 2 heteroatoms. The number of rotatable bonds is 2. The molecule has 2 aromatic rings. The lowest BCUT2D eigenvalue weighted by Crippen LogP contribution is -2.12. The van der Waals surface area contributed by atoms with Crippen LogP contribution >= 0.6 is 0 Å². The van der Waals surface area contributed by atoms with Crippen molar-refractivity contribution < 1.29 is 4.39 Å². The fourth-order valence-corrected chi connectivity index (χ4v) is 2.85. The summed E-state index contributed by atoms with van der Waals surface area (Å²) in [5, 5.41) is 3.35. The zero-order chi connectivity index (χ0) is 12.5. The molecule has 2 aromatic carbocycles. The average Bonchev–Trinajstić information content (AvgIpc) is 2.82. The number of hydrogen-bond donors (Lipinski definition) is 1. The van der Waals surface area contributed by atoms with Crippen molar-refractivity contribution in [1.82, 2.24) is 5.32 Å². The number of halogens is 1. The zero-order valence-electron chi connectivity index (χ0n) is 10.4. The smallest absolute Gasteiger partial charge is 0.123 e. The van der Waals surface area contributed by atoms with Gasteiger partial charge in [0.2, 0.25) is 0 Å². The molecule has 92 valence electrons. The van der Waals surface area contributed by atoms with Crippen molar-refractivity contribution in [3.05, 3.63) is 59.4 Å². The topological polar surface area (TPSA) is 12.0 Å². The molecule has 0 aliphatic heterocycles. The second-order valence-electron chi connectivity index (χ2n) is 4.76. The van der Waals surface area contributed by atoms with Gasteiger partial charge in [-0.25, -0.2) is 4.39 Å². The van der Waals surface area contributed by atoms with E-state index < -0.39 is 0 Å². The van der Waals surface area contributed by atoms with Gasteiger partial charge in [-0.15, -0.1) is 0 Å². The summed E-state index contributed by atoms with van der Waals surface area (Å²) < 4.78 is 13.0. The van der Waals surface area contributed by atoms with Crippen molar-refractivity contribution in [3.8, 4) is 11.1 Å². The highest BCUT2D eigenvalue weighted by molar-refractivity contribution is 5.70. The first kappa shape index (κ1) is 11.4. The number of hydrogen-bond acceptors (Lipinski definition) is 1. The first-order valence-electron chi connectivity index (χ1n) is 6.34. The molecule has 0 fully saturated rings. The van der Waals surface area contributed by atoms with Gasteiger partial charge in [-0.1, -0.05) is 30.3 Å². The summed E-state index contributed by atoms with van der Waals surface area (Å²) >= 11 is 0. The van der Waals surface area contributed by atoms with Crippen molar-refractivity contribution >= 4 is 0 Å². The summed E-state index contributed by atoms with van der Waals surface area (Å²) in [6, 6.07) is 13.6. The number of fused-ring (bicyclic) bond motifs is 1. The van der Waals surface area contributed by atoms with Crippen molar-refractivity contribution in [2.24, 2.45) is 0 Å². The van der Waals surface area contributed by atoms with E-state index in [1.807, 2.05) is 19.2 Å². The Morgan fingerprint density at radius 3 is 2.61 bits per heavy atom. The third kappa shape index (κ3) is 1.83. The minimum Gasteiger partial charge on any atom is -0.313 e. The van der Waals surface area contributed by atoms with Gasteiger partial charge in [0.25, 0.3) is 0 Å². The SMILES string of the molecule is CNC1CCc2c(-c3ccc(F)cc3)cccc21. The second-order valence-corrected chi connectivity index (χ2v) is 4.76. The van der Waals surface area contributed by atoms with Crippen LogP contribution in [0.4, 0.5) is 4.39 Å². The van der Waals surface area contributed by atoms with E-state index >= 15 is 0 Å². The highest BCUT2D eigenvalue weighted by Crippen LogP contribution is 2.37. The van der Waals surface area contributed by atoms with Gasteiger partial charge in [0.1, 0.15) is 5.82 Å². The molecule has 0 radical (unpaired) electrons. The highest BCUT2D eigenvalue weighted by atomic mass is 19.1. The van der Waals surface area contributed by atoms with E-state index in [0.29, 0.717) is 6.04 Å². The third-order valence-electron chi connectivity index (χ3n) is 3.77. The molecule has 0 amide bonds. The van der Waals surface area contributed by atoms with E-state index in [1.54, 1.807) is 0 Å². The van der Waals surface area contributed by atoms with Crippen LogP contribution in [-0.4, -0.2) is 7.05 Å². The first-order valence-corrected chi connectivity index (χ1v) is 6.34. The Kier molecular flexibility index (Phi) is 2.88. The first-order chi connectivity index (χ1) is 8.79. The molecule has 1 aliphatic rings. The van der Waals surface area contributed by atoms with Crippen LogP contribution in [0.3, 0.4) is 0 Å². The molecule has 1 atom stereocenters. The van der Waals surface area contributed by atoms with Crippen LogP contribution < -0.4 is 5.32 Å². The van der Waals surface area contributed by atoms with Crippen LogP contribution in [0.15, 0.2) is 42.5 Å².